The standard InChI is InChI=1S/C32H32Cl2N10O4/c1-19-25-4-3-13-42(25)14-15-43(19)28(46)17-24(31-38-29(30(34)39-31)20-5-9-23(10-6-20)36-32(47)48-2)37-27(45)12-7-21-16-22(33)8-11-26(21)44-18-35-40-41-44/h4-12,16,18-19,24H,3,13-15,17H2,1-2H3,(H,36,47)(H,37,45)(H,38,39)/t19?,24-/m0/s1. The van der Waals surface area contributed by atoms with Gasteiger partial charge >= 0.3 is 6.09 Å². The molecule has 2 atom stereocenters. The minimum atomic E-state index is -0.845. The Kier molecular flexibility index (Phi) is 9.73. The fourth-order valence-electron chi connectivity index (χ4n) is 5.86. The van der Waals surface area contributed by atoms with Crippen molar-refractivity contribution < 1.29 is 19.1 Å². The summed E-state index contributed by atoms with van der Waals surface area (Å²) in [6.45, 7) is 4.30. The van der Waals surface area contributed by atoms with Crippen molar-refractivity contribution in [3.8, 4) is 16.9 Å². The lowest BCUT2D eigenvalue weighted by Gasteiger charge is -2.41. The number of rotatable bonds is 9. The fourth-order valence-corrected chi connectivity index (χ4v) is 6.29. The Morgan fingerprint density at radius 1 is 1.12 bits per heavy atom. The summed E-state index contributed by atoms with van der Waals surface area (Å²) in [6.07, 6.45) is 6.86. The van der Waals surface area contributed by atoms with Crippen molar-refractivity contribution in [2.24, 2.45) is 0 Å². The third-order valence-electron chi connectivity index (χ3n) is 8.24. The predicted octanol–water partition coefficient (Wildman–Crippen LogP) is 4.62. The second-order valence-corrected chi connectivity index (χ2v) is 12.0. The molecule has 3 amide bonds. The number of carbonyl (C=O) groups excluding carboxylic acids is 3. The average Bonchev–Trinajstić information content (AvgIpc) is 3.86. The van der Waals surface area contributed by atoms with E-state index < -0.39 is 18.0 Å². The number of anilines is 1. The maximum atomic E-state index is 13.8. The molecule has 3 N–H and O–H groups in total. The van der Waals surface area contributed by atoms with Crippen molar-refractivity contribution in [1.29, 1.82) is 0 Å². The van der Waals surface area contributed by atoms with Gasteiger partial charge in [-0.25, -0.2) is 9.78 Å². The first kappa shape index (κ1) is 32.7. The molecule has 2 aromatic heterocycles. The minimum Gasteiger partial charge on any atom is -0.453 e. The quantitative estimate of drug-likeness (QED) is 0.213. The number of H-pyrrole nitrogens is 1. The summed E-state index contributed by atoms with van der Waals surface area (Å²) in [4.78, 5) is 50.8. The number of nitrogens with one attached hydrogen (secondary N) is 3. The molecule has 0 spiro atoms. The Hall–Kier alpha value is -5.21. The van der Waals surface area contributed by atoms with Gasteiger partial charge in [0.15, 0.2) is 0 Å². The Balaban J connectivity index is 1.26. The van der Waals surface area contributed by atoms with Crippen LogP contribution in [0.15, 0.2) is 66.6 Å². The first-order valence-corrected chi connectivity index (χ1v) is 15.9. The van der Waals surface area contributed by atoms with E-state index in [1.54, 1.807) is 48.5 Å². The summed E-state index contributed by atoms with van der Waals surface area (Å²) in [7, 11) is 1.28. The van der Waals surface area contributed by atoms with Crippen molar-refractivity contribution in [3.63, 3.8) is 0 Å². The van der Waals surface area contributed by atoms with Gasteiger partial charge in [-0.2, -0.15) is 4.68 Å². The molecule has 0 radical (unpaired) electrons. The lowest BCUT2D eigenvalue weighted by atomic mass is 10.1. The molecule has 1 unspecified atom stereocenters. The molecule has 1 fully saturated rings. The first-order valence-electron chi connectivity index (χ1n) is 15.2. The van der Waals surface area contributed by atoms with E-state index >= 15 is 0 Å². The number of piperazine rings is 1. The van der Waals surface area contributed by atoms with Gasteiger partial charge in [-0.1, -0.05) is 41.4 Å². The van der Waals surface area contributed by atoms with Gasteiger partial charge in [0.25, 0.3) is 0 Å². The number of hydrogen-bond acceptors (Lipinski definition) is 9. The Labute approximate surface area is 285 Å². The predicted molar refractivity (Wildman–Crippen MR) is 179 cm³/mol. The van der Waals surface area contributed by atoms with Gasteiger partial charge in [0.05, 0.1) is 31.3 Å². The highest BCUT2D eigenvalue weighted by atomic mass is 35.5. The smallest absolute Gasteiger partial charge is 0.411 e. The molecular formula is C32H32Cl2N10O4. The van der Waals surface area contributed by atoms with Crippen LogP contribution in [0, 0.1) is 0 Å². The zero-order valence-electron chi connectivity index (χ0n) is 26.1. The molecule has 2 aromatic carbocycles. The molecule has 0 aliphatic carbocycles. The van der Waals surface area contributed by atoms with Crippen LogP contribution in [0.1, 0.15) is 37.2 Å². The number of methoxy groups -OCH3 is 1. The number of fused-ring (bicyclic) bond motifs is 1. The second kappa shape index (κ2) is 14.3. The van der Waals surface area contributed by atoms with Gasteiger partial charge in [-0.05, 0) is 60.2 Å². The highest BCUT2D eigenvalue weighted by molar-refractivity contribution is 6.32. The highest BCUT2D eigenvalue weighted by Crippen LogP contribution is 2.31. The molecule has 4 heterocycles. The number of amides is 3. The van der Waals surface area contributed by atoms with Gasteiger partial charge in [0, 0.05) is 53.2 Å². The minimum absolute atomic E-state index is 0.0600. The Morgan fingerprint density at radius 3 is 2.69 bits per heavy atom. The van der Waals surface area contributed by atoms with E-state index in [4.69, 9.17) is 28.2 Å². The van der Waals surface area contributed by atoms with Gasteiger partial charge in [0.2, 0.25) is 11.8 Å². The zero-order valence-corrected chi connectivity index (χ0v) is 27.6. The van der Waals surface area contributed by atoms with Gasteiger partial charge in [-0.15, -0.1) is 5.10 Å². The van der Waals surface area contributed by atoms with Crippen LogP contribution in [0.3, 0.4) is 0 Å². The monoisotopic (exact) mass is 690 g/mol. The molecule has 48 heavy (non-hydrogen) atoms. The SMILES string of the molecule is COC(=O)Nc1ccc(-c2nc([C@H](CC(=O)N3CCN4CCC=C4C3C)NC(=O)C=Cc3cc(Cl)ccc3-n3cnnn3)[nH]c2Cl)cc1. The maximum absolute atomic E-state index is 13.8. The molecule has 0 saturated carbocycles. The normalized spacial score (nSPS) is 16.4. The number of carbonyl (C=O) groups is 3. The molecule has 2 aliphatic rings. The summed E-state index contributed by atoms with van der Waals surface area (Å²) in [5, 5.41) is 17.5. The maximum Gasteiger partial charge on any atom is 0.411 e. The van der Waals surface area contributed by atoms with E-state index in [0.717, 1.165) is 25.2 Å². The topological polar surface area (TPSA) is 163 Å². The van der Waals surface area contributed by atoms with Crippen molar-refractivity contribution in [2.45, 2.75) is 31.8 Å². The number of hydrogen-bond donors (Lipinski definition) is 3. The summed E-state index contributed by atoms with van der Waals surface area (Å²) in [5.41, 5.74) is 3.96. The zero-order chi connectivity index (χ0) is 33.8. The van der Waals surface area contributed by atoms with E-state index in [-0.39, 0.29) is 23.5 Å². The van der Waals surface area contributed by atoms with Crippen LogP contribution in [-0.2, 0) is 14.3 Å². The second-order valence-electron chi connectivity index (χ2n) is 11.2. The molecule has 0 bridgehead atoms. The molecule has 16 heteroatoms. The fraction of sp³-hybridized carbons (Fsp3) is 0.281. The number of ether oxygens (including phenoxy) is 1. The van der Waals surface area contributed by atoms with E-state index in [0.29, 0.717) is 45.6 Å². The Morgan fingerprint density at radius 2 is 1.94 bits per heavy atom. The van der Waals surface area contributed by atoms with Crippen LogP contribution in [0.25, 0.3) is 23.0 Å². The third kappa shape index (κ3) is 7.19. The molecular weight excluding hydrogens is 659 g/mol. The van der Waals surface area contributed by atoms with E-state index in [1.807, 2.05) is 11.8 Å². The van der Waals surface area contributed by atoms with Crippen molar-refractivity contribution in [3.05, 3.63) is 88.2 Å². The highest BCUT2D eigenvalue weighted by Gasteiger charge is 2.34. The number of nitrogens with zero attached hydrogens (tertiary/aromatic N) is 7. The van der Waals surface area contributed by atoms with Crippen LogP contribution in [0.5, 0.6) is 0 Å². The molecule has 14 nitrogen and oxygen atoms in total. The molecule has 6 rings (SSSR count). The third-order valence-corrected chi connectivity index (χ3v) is 8.75. The van der Waals surface area contributed by atoms with Crippen LogP contribution < -0.4 is 10.6 Å². The van der Waals surface area contributed by atoms with E-state index in [9.17, 15) is 14.4 Å². The first-order chi connectivity index (χ1) is 23.2. The van der Waals surface area contributed by atoms with Crippen LogP contribution in [0.2, 0.25) is 10.2 Å². The molecule has 2 aliphatic heterocycles. The lowest BCUT2D eigenvalue weighted by Crippen LogP contribution is -2.51. The van der Waals surface area contributed by atoms with Crippen molar-refractivity contribution >= 4 is 52.9 Å². The Bertz CT molecular complexity index is 1870. The molecule has 1 saturated heterocycles. The number of tetrazole rings is 1. The number of halogens is 2. The van der Waals surface area contributed by atoms with Crippen LogP contribution in [-0.4, -0.2) is 90.7 Å². The summed E-state index contributed by atoms with van der Waals surface area (Å²) >= 11 is 12.9. The number of aromatic amines is 1. The summed E-state index contributed by atoms with van der Waals surface area (Å²) in [6, 6.07) is 11.0. The lowest BCUT2D eigenvalue weighted by molar-refractivity contribution is -0.135. The van der Waals surface area contributed by atoms with Crippen molar-refractivity contribution in [2.75, 3.05) is 32.1 Å². The molecule has 248 valence electrons. The number of benzene rings is 2. The van der Waals surface area contributed by atoms with Crippen LogP contribution >= 0.6 is 23.2 Å². The van der Waals surface area contributed by atoms with Gasteiger partial charge < -0.3 is 24.8 Å². The average molecular weight is 692 g/mol. The van der Waals surface area contributed by atoms with Crippen molar-refractivity contribution in [1.82, 2.24) is 45.3 Å². The molecule has 4 aromatic rings. The van der Waals surface area contributed by atoms with E-state index in [2.05, 4.69) is 46.9 Å². The van der Waals surface area contributed by atoms with E-state index in [1.165, 1.54) is 24.2 Å². The number of imidazole rings is 1. The van der Waals surface area contributed by atoms with Crippen LogP contribution in [0.4, 0.5) is 10.5 Å². The van der Waals surface area contributed by atoms with Gasteiger partial charge in [-0.3, -0.25) is 14.9 Å². The number of aromatic nitrogens is 6. The van der Waals surface area contributed by atoms with Gasteiger partial charge in [0.1, 0.15) is 23.0 Å². The summed E-state index contributed by atoms with van der Waals surface area (Å²) in [5.74, 6) is -0.295. The summed E-state index contributed by atoms with van der Waals surface area (Å²) < 4.78 is 6.10. The largest absolute Gasteiger partial charge is 0.453 e.